The van der Waals surface area contributed by atoms with Crippen LogP contribution < -0.4 is 10.6 Å². The maximum Gasteiger partial charge on any atom is 0.416 e. The van der Waals surface area contributed by atoms with Crippen LogP contribution in [0.15, 0.2) is 79.0 Å². The Balaban J connectivity index is 1.99. The molecule has 0 aliphatic carbocycles. The Morgan fingerprint density at radius 1 is 0.944 bits per heavy atom. The van der Waals surface area contributed by atoms with Crippen LogP contribution in [0.3, 0.4) is 0 Å². The lowest BCUT2D eigenvalue weighted by Crippen LogP contribution is -2.52. The van der Waals surface area contributed by atoms with Crippen LogP contribution in [0.4, 0.5) is 18.0 Å². The molecule has 1 heterocycles. The largest absolute Gasteiger partial charge is 0.466 e. The Morgan fingerprint density at radius 3 is 2.33 bits per heavy atom. The highest BCUT2D eigenvalue weighted by molar-refractivity contribution is 5.76. The number of amides is 2. The van der Waals surface area contributed by atoms with Crippen molar-refractivity contribution in [1.82, 2.24) is 15.6 Å². The van der Waals surface area contributed by atoms with Crippen LogP contribution >= 0.6 is 0 Å². The van der Waals surface area contributed by atoms with E-state index in [0.717, 1.165) is 17.7 Å². The zero-order valence-electron chi connectivity index (χ0n) is 19.8. The van der Waals surface area contributed by atoms with E-state index < -0.39 is 23.3 Å². The average Bonchev–Trinajstić information content (AvgIpc) is 2.87. The zero-order valence-corrected chi connectivity index (χ0v) is 19.8. The highest BCUT2D eigenvalue weighted by atomic mass is 19.4. The lowest BCUT2D eigenvalue weighted by molar-refractivity contribution is -0.143. The van der Waals surface area contributed by atoms with Crippen molar-refractivity contribution in [3.8, 4) is 0 Å². The smallest absolute Gasteiger partial charge is 0.416 e. The first kappa shape index (κ1) is 26.7. The van der Waals surface area contributed by atoms with E-state index in [4.69, 9.17) is 4.74 Å². The minimum atomic E-state index is -4.56. The average molecular weight is 500 g/mol. The van der Waals surface area contributed by atoms with E-state index in [-0.39, 0.29) is 37.5 Å². The second-order valence-electron chi connectivity index (χ2n) is 8.15. The molecule has 0 spiro atoms. The highest BCUT2D eigenvalue weighted by Crippen LogP contribution is 2.36. The molecule has 0 aliphatic rings. The number of halogens is 3. The molecule has 190 valence electrons. The summed E-state index contributed by atoms with van der Waals surface area (Å²) in [6.45, 7) is 2.16. The number of rotatable bonds is 10. The molecule has 2 aromatic carbocycles. The van der Waals surface area contributed by atoms with E-state index in [1.807, 2.05) is 30.3 Å². The van der Waals surface area contributed by atoms with Gasteiger partial charge in [0, 0.05) is 25.6 Å². The Hall–Kier alpha value is -3.88. The van der Waals surface area contributed by atoms with Gasteiger partial charge in [-0.2, -0.15) is 13.2 Å². The van der Waals surface area contributed by atoms with Crippen LogP contribution in [0, 0.1) is 0 Å². The number of ether oxygens (including phenoxy) is 1. The van der Waals surface area contributed by atoms with E-state index >= 15 is 0 Å². The molecule has 1 unspecified atom stereocenters. The van der Waals surface area contributed by atoms with Crippen molar-refractivity contribution >= 4 is 12.0 Å². The fourth-order valence-corrected chi connectivity index (χ4v) is 3.90. The standard InChI is InChI=1S/C27H28F3N3O3/c1-2-36-24(34)15-9-17-32-25(35)33-26(23-14-6-7-16-31-23,19-20-10-4-3-5-11-20)21-12-8-13-22(18-21)27(28,29)30/h3-8,10-14,16,18H,2,9,15,17,19H2,1H3,(H2,32,33,35). The number of benzene rings is 2. The van der Waals surface area contributed by atoms with E-state index in [1.165, 1.54) is 12.3 Å². The van der Waals surface area contributed by atoms with Gasteiger partial charge in [0.25, 0.3) is 0 Å². The van der Waals surface area contributed by atoms with E-state index in [0.29, 0.717) is 12.1 Å². The van der Waals surface area contributed by atoms with Gasteiger partial charge in [-0.3, -0.25) is 9.78 Å². The van der Waals surface area contributed by atoms with Crippen molar-refractivity contribution in [2.45, 2.75) is 37.9 Å². The van der Waals surface area contributed by atoms with Gasteiger partial charge in [0.1, 0.15) is 5.54 Å². The van der Waals surface area contributed by atoms with Crippen molar-refractivity contribution < 1.29 is 27.5 Å². The third-order valence-corrected chi connectivity index (χ3v) is 5.57. The summed E-state index contributed by atoms with van der Waals surface area (Å²) in [5.41, 5.74) is -0.820. The summed E-state index contributed by atoms with van der Waals surface area (Å²) in [5, 5.41) is 5.61. The summed E-state index contributed by atoms with van der Waals surface area (Å²) >= 11 is 0. The van der Waals surface area contributed by atoms with Gasteiger partial charge in [-0.15, -0.1) is 0 Å². The van der Waals surface area contributed by atoms with Crippen molar-refractivity contribution in [2.75, 3.05) is 13.2 Å². The van der Waals surface area contributed by atoms with Gasteiger partial charge in [-0.1, -0.05) is 48.5 Å². The lowest BCUT2D eigenvalue weighted by Gasteiger charge is -2.35. The highest BCUT2D eigenvalue weighted by Gasteiger charge is 2.40. The number of carbonyl (C=O) groups is 2. The molecule has 6 nitrogen and oxygen atoms in total. The molecule has 3 aromatic rings. The molecule has 0 saturated heterocycles. The van der Waals surface area contributed by atoms with Crippen molar-refractivity contribution in [3.63, 3.8) is 0 Å². The number of esters is 1. The molecule has 0 saturated carbocycles. The number of nitrogens with zero attached hydrogens (tertiary/aromatic N) is 1. The van der Waals surface area contributed by atoms with Crippen LogP contribution in [0.2, 0.25) is 0 Å². The Bertz CT molecular complexity index is 1140. The molecule has 0 aliphatic heterocycles. The van der Waals surface area contributed by atoms with Gasteiger partial charge < -0.3 is 15.4 Å². The summed E-state index contributed by atoms with van der Waals surface area (Å²) in [6, 6.07) is 18.5. The van der Waals surface area contributed by atoms with Gasteiger partial charge in [-0.05, 0) is 48.7 Å². The number of hydrogen-bond donors (Lipinski definition) is 2. The summed E-state index contributed by atoms with van der Waals surface area (Å²) in [7, 11) is 0. The Kier molecular flexibility index (Phi) is 9.05. The topological polar surface area (TPSA) is 80.3 Å². The number of urea groups is 1. The SMILES string of the molecule is CCOC(=O)CCCNC(=O)NC(Cc1ccccc1)(c1cccc(C(F)(F)F)c1)c1ccccn1. The van der Waals surface area contributed by atoms with Gasteiger partial charge in [0.2, 0.25) is 0 Å². The summed E-state index contributed by atoms with van der Waals surface area (Å²) in [5.74, 6) is -0.365. The van der Waals surface area contributed by atoms with Crippen LogP contribution in [0.25, 0.3) is 0 Å². The van der Waals surface area contributed by atoms with Gasteiger partial charge in [0.15, 0.2) is 0 Å². The van der Waals surface area contributed by atoms with E-state index in [2.05, 4.69) is 15.6 Å². The molecule has 1 aromatic heterocycles. The number of aromatic nitrogens is 1. The molecule has 1 atom stereocenters. The summed E-state index contributed by atoms with van der Waals surface area (Å²) in [6.07, 6.45) is -2.39. The summed E-state index contributed by atoms with van der Waals surface area (Å²) < 4.78 is 45.7. The molecule has 9 heteroatoms. The van der Waals surface area contributed by atoms with Crippen LogP contribution in [0.1, 0.15) is 42.1 Å². The molecule has 3 rings (SSSR count). The van der Waals surface area contributed by atoms with Gasteiger partial charge in [0.05, 0.1) is 17.9 Å². The van der Waals surface area contributed by atoms with Gasteiger partial charge in [-0.25, -0.2) is 4.79 Å². The van der Waals surface area contributed by atoms with Crippen molar-refractivity contribution in [2.24, 2.45) is 0 Å². The molecular weight excluding hydrogens is 471 g/mol. The van der Waals surface area contributed by atoms with Crippen LogP contribution in [-0.2, 0) is 27.7 Å². The fraction of sp³-hybridized carbons (Fsp3) is 0.296. The summed E-state index contributed by atoms with van der Waals surface area (Å²) in [4.78, 5) is 29.0. The predicted molar refractivity (Wildman–Crippen MR) is 129 cm³/mol. The van der Waals surface area contributed by atoms with Crippen molar-refractivity contribution in [1.29, 1.82) is 0 Å². The first-order valence-electron chi connectivity index (χ1n) is 11.6. The van der Waals surface area contributed by atoms with Crippen molar-refractivity contribution in [3.05, 3.63) is 101 Å². The van der Waals surface area contributed by atoms with E-state index in [1.54, 1.807) is 31.2 Å². The molecule has 0 radical (unpaired) electrons. The molecule has 36 heavy (non-hydrogen) atoms. The van der Waals surface area contributed by atoms with Crippen LogP contribution in [0.5, 0.6) is 0 Å². The maximum absolute atomic E-state index is 13.6. The van der Waals surface area contributed by atoms with Gasteiger partial charge >= 0.3 is 18.2 Å². The third-order valence-electron chi connectivity index (χ3n) is 5.57. The molecular formula is C27H28F3N3O3. The molecule has 0 fully saturated rings. The number of pyridine rings is 1. The normalized spacial score (nSPS) is 12.9. The first-order valence-corrected chi connectivity index (χ1v) is 11.6. The number of carbonyl (C=O) groups excluding carboxylic acids is 2. The number of hydrogen-bond acceptors (Lipinski definition) is 4. The molecule has 2 amide bonds. The third kappa shape index (κ3) is 7.07. The minimum absolute atomic E-state index is 0.136. The monoisotopic (exact) mass is 499 g/mol. The number of nitrogens with one attached hydrogen (secondary N) is 2. The number of alkyl halides is 3. The first-order chi connectivity index (χ1) is 17.2. The fourth-order valence-electron chi connectivity index (χ4n) is 3.90. The second kappa shape index (κ2) is 12.2. The second-order valence-corrected chi connectivity index (χ2v) is 8.15. The lowest BCUT2D eigenvalue weighted by atomic mass is 9.80. The van der Waals surface area contributed by atoms with Crippen LogP contribution in [-0.4, -0.2) is 30.1 Å². The Morgan fingerprint density at radius 2 is 1.67 bits per heavy atom. The van der Waals surface area contributed by atoms with E-state index in [9.17, 15) is 22.8 Å². The predicted octanol–water partition coefficient (Wildman–Crippen LogP) is 5.23. The molecule has 2 N–H and O–H groups in total. The Labute approximate surface area is 207 Å². The maximum atomic E-state index is 13.6. The zero-order chi connectivity index (χ0) is 26.0. The molecule has 0 bridgehead atoms. The quantitative estimate of drug-likeness (QED) is 0.296. The minimum Gasteiger partial charge on any atom is -0.466 e.